The van der Waals surface area contributed by atoms with Crippen molar-refractivity contribution >= 4 is 7.82 Å². The van der Waals surface area contributed by atoms with Crippen molar-refractivity contribution in [3.63, 3.8) is 0 Å². The van der Waals surface area contributed by atoms with Crippen LogP contribution >= 0.6 is 7.82 Å². The number of phosphoric ester groups is 1. The summed E-state index contributed by atoms with van der Waals surface area (Å²) in [4.78, 5) is 0. The Morgan fingerprint density at radius 2 is 1.57 bits per heavy atom. The van der Waals surface area contributed by atoms with Crippen molar-refractivity contribution in [2.24, 2.45) is 0 Å². The van der Waals surface area contributed by atoms with Gasteiger partial charge in [-0.15, -0.1) is 0 Å². The van der Waals surface area contributed by atoms with E-state index in [1.54, 1.807) is 12.1 Å². The van der Waals surface area contributed by atoms with Gasteiger partial charge in [-0.05, 0) is 19.1 Å². The average Bonchev–Trinajstić information content (AvgIpc) is 2.21. The lowest BCUT2D eigenvalue weighted by Crippen LogP contribution is -1.96. The summed E-state index contributed by atoms with van der Waals surface area (Å²) < 4.78 is 25.9. The second kappa shape index (κ2) is 4.60. The summed E-state index contributed by atoms with van der Waals surface area (Å²) in [5.74, 6) is 0.461. The smallest absolute Gasteiger partial charge is 0.404 e. The first-order valence-electron chi connectivity index (χ1n) is 4.07. The van der Waals surface area contributed by atoms with Crippen molar-refractivity contribution < 1.29 is 18.1 Å². The molecular formula is C9H13O4P. The van der Waals surface area contributed by atoms with Gasteiger partial charge in [0.05, 0.1) is 0 Å². The maximum atomic E-state index is 11.5. The third-order valence-corrected chi connectivity index (χ3v) is 3.01. The Kier molecular flexibility index (Phi) is 3.69. The molecule has 14 heavy (non-hydrogen) atoms. The fourth-order valence-corrected chi connectivity index (χ4v) is 1.56. The summed E-state index contributed by atoms with van der Waals surface area (Å²) in [5, 5.41) is 0. The summed E-state index contributed by atoms with van der Waals surface area (Å²) >= 11 is 0. The summed E-state index contributed by atoms with van der Waals surface area (Å²) in [7, 11) is -0.866. The van der Waals surface area contributed by atoms with E-state index in [2.05, 4.69) is 9.05 Å². The van der Waals surface area contributed by atoms with Crippen molar-refractivity contribution in [1.29, 1.82) is 0 Å². The third kappa shape index (κ3) is 2.84. The molecule has 0 spiro atoms. The minimum absolute atomic E-state index is 0.461. The molecule has 0 aromatic heterocycles. The molecule has 78 valence electrons. The van der Waals surface area contributed by atoms with Crippen molar-refractivity contribution in [3.05, 3.63) is 29.8 Å². The first kappa shape index (κ1) is 11.2. The van der Waals surface area contributed by atoms with Gasteiger partial charge in [0.1, 0.15) is 5.75 Å². The SMILES string of the molecule is COP(=O)(OC)Oc1ccc(C)cc1. The topological polar surface area (TPSA) is 44.8 Å². The van der Waals surface area contributed by atoms with Gasteiger partial charge in [0.2, 0.25) is 0 Å². The zero-order valence-electron chi connectivity index (χ0n) is 8.39. The fourth-order valence-electron chi connectivity index (χ4n) is 0.877. The van der Waals surface area contributed by atoms with Gasteiger partial charge in [-0.3, -0.25) is 9.05 Å². The monoisotopic (exact) mass is 216 g/mol. The average molecular weight is 216 g/mol. The zero-order chi connectivity index (χ0) is 10.6. The molecule has 0 aliphatic heterocycles. The minimum Gasteiger partial charge on any atom is -0.404 e. The Hall–Kier alpha value is -0.830. The van der Waals surface area contributed by atoms with Crippen molar-refractivity contribution in [2.45, 2.75) is 6.92 Å². The highest BCUT2D eigenvalue weighted by molar-refractivity contribution is 7.48. The van der Waals surface area contributed by atoms with Gasteiger partial charge in [0, 0.05) is 14.2 Å². The lowest BCUT2D eigenvalue weighted by atomic mass is 10.2. The van der Waals surface area contributed by atoms with Crippen LogP contribution in [0.3, 0.4) is 0 Å². The fraction of sp³-hybridized carbons (Fsp3) is 0.333. The number of aryl methyl sites for hydroxylation is 1. The van der Waals surface area contributed by atoms with Gasteiger partial charge < -0.3 is 4.52 Å². The van der Waals surface area contributed by atoms with Gasteiger partial charge >= 0.3 is 7.82 Å². The Morgan fingerprint density at radius 3 is 2.00 bits per heavy atom. The molecule has 1 rings (SSSR count). The van der Waals surface area contributed by atoms with Crippen LogP contribution in [-0.4, -0.2) is 14.2 Å². The molecule has 0 aliphatic rings. The van der Waals surface area contributed by atoms with Crippen LogP contribution in [0, 0.1) is 6.92 Å². The molecule has 1 aromatic carbocycles. The maximum absolute atomic E-state index is 11.5. The molecule has 0 N–H and O–H groups in total. The molecule has 0 amide bonds. The van der Waals surface area contributed by atoms with E-state index >= 15 is 0 Å². The van der Waals surface area contributed by atoms with Crippen LogP contribution in [0.1, 0.15) is 5.56 Å². The molecule has 0 unspecified atom stereocenters. The molecule has 0 heterocycles. The normalized spacial score (nSPS) is 11.4. The van der Waals surface area contributed by atoms with Crippen LogP contribution in [0.2, 0.25) is 0 Å². The molecule has 0 radical (unpaired) electrons. The van der Waals surface area contributed by atoms with Crippen molar-refractivity contribution in [1.82, 2.24) is 0 Å². The molecule has 0 saturated carbocycles. The van der Waals surface area contributed by atoms with E-state index in [4.69, 9.17) is 4.52 Å². The Morgan fingerprint density at radius 1 is 1.07 bits per heavy atom. The van der Waals surface area contributed by atoms with Crippen LogP contribution in [0.4, 0.5) is 0 Å². The van der Waals surface area contributed by atoms with Gasteiger partial charge in [-0.25, -0.2) is 4.57 Å². The van der Waals surface area contributed by atoms with Crippen LogP contribution in [-0.2, 0) is 13.6 Å². The van der Waals surface area contributed by atoms with Crippen LogP contribution in [0.5, 0.6) is 5.75 Å². The number of phosphoric acid groups is 1. The van der Waals surface area contributed by atoms with Crippen LogP contribution in [0.15, 0.2) is 24.3 Å². The maximum Gasteiger partial charge on any atom is 0.529 e. The summed E-state index contributed by atoms with van der Waals surface area (Å²) in [6.07, 6.45) is 0. The molecular weight excluding hydrogens is 203 g/mol. The molecule has 0 bridgehead atoms. The molecule has 1 aromatic rings. The number of hydrogen-bond donors (Lipinski definition) is 0. The van der Waals surface area contributed by atoms with E-state index in [9.17, 15) is 4.57 Å². The largest absolute Gasteiger partial charge is 0.529 e. The summed E-state index contributed by atoms with van der Waals surface area (Å²) in [6, 6.07) is 7.12. The Balaban J connectivity index is 2.78. The molecule has 5 heteroatoms. The van der Waals surface area contributed by atoms with Gasteiger partial charge in [0.25, 0.3) is 0 Å². The predicted octanol–water partition coefficient (Wildman–Crippen LogP) is 2.77. The molecule has 4 nitrogen and oxygen atoms in total. The molecule has 0 fully saturated rings. The van der Waals surface area contributed by atoms with E-state index in [-0.39, 0.29) is 0 Å². The second-order valence-electron chi connectivity index (χ2n) is 2.72. The summed E-state index contributed by atoms with van der Waals surface area (Å²) in [5.41, 5.74) is 1.10. The van der Waals surface area contributed by atoms with Crippen molar-refractivity contribution in [2.75, 3.05) is 14.2 Å². The van der Waals surface area contributed by atoms with Crippen LogP contribution in [0.25, 0.3) is 0 Å². The predicted molar refractivity (Wildman–Crippen MR) is 53.4 cm³/mol. The van der Waals surface area contributed by atoms with E-state index in [1.807, 2.05) is 19.1 Å². The first-order chi connectivity index (χ1) is 6.59. The lowest BCUT2D eigenvalue weighted by molar-refractivity contribution is 0.211. The quantitative estimate of drug-likeness (QED) is 0.726. The first-order valence-corrected chi connectivity index (χ1v) is 5.53. The highest BCUT2D eigenvalue weighted by Crippen LogP contribution is 2.47. The standard InChI is InChI=1S/C9H13O4P/c1-8-4-6-9(7-5-8)13-14(10,11-2)12-3/h4-7H,1-3H3. The van der Waals surface area contributed by atoms with Gasteiger partial charge in [-0.1, -0.05) is 17.7 Å². The lowest BCUT2D eigenvalue weighted by Gasteiger charge is -2.13. The van der Waals surface area contributed by atoms with E-state index < -0.39 is 7.82 Å². The minimum atomic E-state index is -3.42. The van der Waals surface area contributed by atoms with E-state index in [0.717, 1.165) is 5.56 Å². The highest BCUT2D eigenvalue weighted by Gasteiger charge is 2.24. The van der Waals surface area contributed by atoms with Crippen molar-refractivity contribution in [3.8, 4) is 5.75 Å². The van der Waals surface area contributed by atoms with Crippen LogP contribution < -0.4 is 4.52 Å². The summed E-state index contributed by atoms with van der Waals surface area (Å²) in [6.45, 7) is 1.95. The highest BCUT2D eigenvalue weighted by atomic mass is 31.2. The van der Waals surface area contributed by atoms with Gasteiger partial charge in [-0.2, -0.15) is 0 Å². The number of hydrogen-bond acceptors (Lipinski definition) is 4. The Bertz CT molecular complexity index is 325. The number of benzene rings is 1. The van der Waals surface area contributed by atoms with Gasteiger partial charge in [0.15, 0.2) is 0 Å². The van der Waals surface area contributed by atoms with E-state index in [0.29, 0.717) is 5.75 Å². The molecule has 0 atom stereocenters. The molecule has 0 saturated heterocycles. The zero-order valence-corrected chi connectivity index (χ0v) is 9.28. The second-order valence-corrected chi connectivity index (χ2v) is 4.52. The van der Waals surface area contributed by atoms with E-state index in [1.165, 1.54) is 14.2 Å². The molecule has 0 aliphatic carbocycles. The Labute approximate surface area is 83.4 Å². The third-order valence-electron chi connectivity index (χ3n) is 1.69. The number of rotatable bonds is 4.